The first-order valence-corrected chi connectivity index (χ1v) is 7.32. The van der Waals surface area contributed by atoms with E-state index < -0.39 is 6.10 Å². The first-order valence-electron chi connectivity index (χ1n) is 7.32. The molecule has 1 aromatic rings. The maximum absolute atomic E-state index is 12.3. The minimum atomic E-state index is -0.622. The van der Waals surface area contributed by atoms with E-state index in [9.17, 15) is 9.90 Å². The van der Waals surface area contributed by atoms with E-state index in [0.29, 0.717) is 6.54 Å². The van der Waals surface area contributed by atoms with Crippen LogP contribution in [0.25, 0.3) is 0 Å². The second-order valence-corrected chi connectivity index (χ2v) is 5.82. The van der Waals surface area contributed by atoms with Crippen LogP contribution in [-0.2, 0) is 11.3 Å². The molecule has 0 unspecified atom stereocenters. The lowest BCUT2D eigenvalue weighted by Gasteiger charge is -2.39. The molecule has 4 nitrogen and oxygen atoms in total. The van der Waals surface area contributed by atoms with Crippen molar-refractivity contribution in [1.82, 2.24) is 4.90 Å². The Balaban J connectivity index is 2.03. The number of hydrogen-bond acceptors (Lipinski definition) is 3. The van der Waals surface area contributed by atoms with Gasteiger partial charge in [-0.3, -0.25) is 4.90 Å². The van der Waals surface area contributed by atoms with Gasteiger partial charge in [0.2, 0.25) is 0 Å². The molecule has 4 heteroatoms. The van der Waals surface area contributed by atoms with Crippen molar-refractivity contribution < 1.29 is 14.6 Å². The zero-order valence-electron chi connectivity index (χ0n) is 12.8. The molecule has 2 atom stereocenters. The largest absolute Gasteiger partial charge is 0.445 e. The fourth-order valence-electron chi connectivity index (χ4n) is 2.65. The molecular formula is C17H23NO3. The second-order valence-electron chi connectivity index (χ2n) is 5.82. The van der Waals surface area contributed by atoms with Crippen LogP contribution in [-0.4, -0.2) is 34.8 Å². The molecular weight excluding hydrogens is 266 g/mol. The summed E-state index contributed by atoms with van der Waals surface area (Å²) in [5, 5.41) is 10.3. The van der Waals surface area contributed by atoms with Crippen LogP contribution in [0.3, 0.4) is 0 Å². The Morgan fingerprint density at radius 2 is 2.05 bits per heavy atom. The molecule has 0 aromatic heterocycles. The van der Waals surface area contributed by atoms with Gasteiger partial charge in [0, 0.05) is 6.54 Å². The predicted octanol–water partition coefficient (Wildman–Crippen LogP) is 2.97. The Bertz CT molecular complexity index is 510. The van der Waals surface area contributed by atoms with Gasteiger partial charge in [-0.1, -0.05) is 50.3 Å². The molecule has 0 bridgehead atoms. The lowest BCUT2D eigenvalue weighted by atomic mass is 9.90. The van der Waals surface area contributed by atoms with Crippen molar-refractivity contribution >= 4 is 6.09 Å². The summed E-state index contributed by atoms with van der Waals surface area (Å²) in [5.74, 6) is 0.160. The number of nitrogens with zero attached hydrogens (tertiary/aromatic N) is 1. The fourth-order valence-corrected chi connectivity index (χ4v) is 2.65. The fraction of sp³-hybridized carbons (Fsp3) is 0.471. The highest BCUT2D eigenvalue weighted by Gasteiger charge is 2.36. The number of ether oxygens (including phenoxy) is 1. The van der Waals surface area contributed by atoms with E-state index in [4.69, 9.17) is 4.74 Å². The van der Waals surface area contributed by atoms with Gasteiger partial charge in [-0.05, 0) is 24.0 Å². The Labute approximate surface area is 126 Å². The molecule has 1 heterocycles. The maximum atomic E-state index is 12.3. The minimum absolute atomic E-state index is 0.160. The predicted molar refractivity (Wildman–Crippen MR) is 81.7 cm³/mol. The van der Waals surface area contributed by atoms with E-state index in [-0.39, 0.29) is 24.7 Å². The van der Waals surface area contributed by atoms with Crippen LogP contribution in [0.4, 0.5) is 4.79 Å². The van der Waals surface area contributed by atoms with Gasteiger partial charge in [-0.15, -0.1) is 0 Å². The molecule has 1 amide bonds. The number of amides is 1. The molecule has 1 aliphatic rings. The summed E-state index contributed by atoms with van der Waals surface area (Å²) < 4.78 is 5.38. The van der Waals surface area contributed by atoms with Crippen molar-refractivity contribution in [3.63, 3.8) is 0 Å². The number of aliphatic hydroxyl groups excluding tert-OH is 1. The van der Waals surface area contributed by atoms with E-state index in [2.05, 4.69) is 0 Å². The van der Waals surface area contributed by atoms with Crippen LogP contribution in [0.15, 0.2) is 42.0 Å². The first-order chi connectivity index (χ1) is 10.0. The van der Waals surface area contributed by atoms with Gasteiger partial charge in [0.1, 0.15) is 6.61 Å². The number of carbonyl (C=O) groups excluding carboxylic acids is 1. The van der Waals surface area contributed by atoms with Crippen molar-refractivity contribution in [2.75, 3.05) is 6.54 Å². The van der Waals surface area contributed by atoms with Gasteiger partial charge >= 0.3 is 6.09 Å². The summed E-state index contributed by atoms with van der Waals surface area (Å²) in [6.45, 7) is 6.64. The van der Waals surface area contributed by atoms with Gasteiger partial charge in [0.15, 0.2) is 0 Å². The monoisotopic (exact) mass is 289 g/mol. The minimum Gasteiger partial charge on any atom is -0.445 e. The molecule has 2 rings (SSSR count). The van der Waals surface area contributed by atoms with Crippen molar-refractivity contribution in [3.05, 3.63) is 47.5 Å². The molecule has 0 spiro atoms. The van der Waals surface area contributed by atoms with Crippen LogP contribution in [0.1, 0.15) is 26.3 Å². The van der Waals surface area contributed by atoms with Gasteiger partial charge in [-0.25, -0.2) is 4.79 Å². The third kappa shape index (κ3) is 3.64. The SMILES string of the molecule is CC1=CCN(C(=O)OCc2ccccc2)[C@@H](C(C)C)[C@H]1O. The topological polar surface area (TPSA) is 49.8 Å². The highest BCUT2D eigenvalue weighted by Crippen LogP contribution is 2.25. The molecule has 1 aliphatic heterocycles. The zero-order chi connectivity index (χ0) is 15.4. The highest BCUT2D eigenvalue weighted by atomic mass is 16.6. The zero-order valence-corrected chi connectivity index (χ0v) is 12.8. The van der Waals surface area contributed by atoms with E-state index in [1.54, 1.807) is 4.90 Å². The molecule has 0 saturated carbocycles. The second kappa shape index (κ2) is 6.76. The third-order valence-electron chi connectivity index (χ3n) is 3.88. The summed E-state index contributed by atoms with van der Waals surface area (Å²) in [6, 6.07) is 9.35. The molecule has 0 radical (unpaired) electrons. The molecule has 0 aliphatic carbocycles. The summed E-state index contributed by atoms with van der Waals surface area (Å²) in [5.41, 5.74) is 1.87. The average Bonchev–Trinajstić information content (AvgIpc) is 2.48. The summed E-state index contributed by atoms with van der Waals surface area (Å²) in [7, 11) is 0. The third-order valence-corrected chi connectivity index (χ3v) is 3.88. The number of benzene rings is 1. The number of carbonyl (C=O) groups is 1. The quantitative estimate of drug-likeness (QED) is 0.870. The number of rotatable bonds is 3. The molecule has 0 saturated heterocycles. The molecule has 21 heavy (non-hydrogen) atoms. The molecule has 114 valence electrons. The highest BCUT2D eigenvalue weighted by molar-refractivity contribution is 5.69. The first kappa shape index (κ1) is 15.6. The number of aliphatic hydroxyl groups is 1. The Morgan fingerprint density at radius 1 is 1.38 bits per heavy atom. The summed E-state index contributed by atoms with van der Waals surface area (Å²) in [4.78, 5) is 13.9. The van der Waals surface area contributed by atoms with E-state index in [1.807, 2.05) is 57.2 Å². The van der Waals surface area contributed by atoms with Crippen molar-refractivity contribution in [3.8, 4) is 0 Å². The van der Waals surface area contributed by atoms with Crippen molar-refractivity contribution in [2.24, 2.45) is 5.92 Å². The van der Waals surface area contributed by atoms with Crippen LogP contribution < -0.4 is 0 Å². The van der Waals surface area contributed by atoms with Gasteiger partial charge in [0.05, 0.1) is 12.1 Å². The van der Waals surface area contributed by atoms with Crippen LogP contribution >= 0.6 is 0 Å². The molecule has 1 aromatic carbocycles. The standard InChI is InChI=1S/C17H23NO3/c1-12(2)15-16(19)13(3)9-10-18(15)17(20)21-11-14-7-5-4-6-8-14/h4-9,12,15-16,19H,10-11H2,1-3H3/t15-,16-/m0/s1. The summed E-state index contributed by atoms with van der Waals surface area (Å²) >= 11 is 0. The summed E-state index contributed by atoms with van der Waals surface area (Å²) in [6.07, 6.45) is 0.885. The molecule has 0 fully saturated rings. The van der Waals surface area contributed by atoms with Crippen LogP contribution in [0.5, 0.6) is 0 Å². The van der Waals surface area contributed by atoms with E-state index >= 15 is 0 Å². The van der Waals surface area contributed by atoms with Gasteiger partial charge < -0.3 is 9.84 Å². The Hall–Kier alpha value is -1.81. The normalized spacial score (nSPS) is 22.1. The number of hydrogen-bond donors (Lipinski definition) is 1. The van der Waals surface area contributed by atoms with Gasteiger partial charge in [0.25, 0.3) is 0 Å². The lowest BCUT2D eigenvalue weighted by molar-refractivity contribution is 0.0244. The maximum Gasteiger partial charge on any atom is 0.410 e. The molecule has 1 N–H and O–H groups in total. The van der Waals surface area contributed by atoms with E-state index in [0.717, 1.165) is 11.1 Å². The van der Waals surface area contributed by atoms with Crippen molar-refractivity contribution in [1.29, 1.82) is 0 Å². The van der Waals surface area contributed by atoms with Gasteiger partial charge in [-0.2, -0.15) is 0 Å². The van der Waals surface area contributed by atoms with E-state index in [1.165, 1.54) is 0 Å². The lowest BCUT2D eigenvalue weighted by Crippen LogP contribution is -2.53. The average molecular weight is 289 g/mol. The van der Waals surface area contributed by atoms with Crippen molar-refractivity contribution in [2.45, 2.75) is 39.5 Å². The Kier molecular flexibility index (Phi) is 5.02. The van der Waals surface area contributed by atoms with Crippen LogP contribution in [0, 0.1) is 5.92 Å². The Morgan fingerprint density at radius 3 is 2.67 bits per heavy atom. The van der Waals surface area contributed by atoms with Crippen LogP contribution in [0.2, 0.25) is 0 Å². The smallest absolute Gasteiger partial charge is 0.410 e.